The molecule has 0 spiro atoms. The molecule has 0 aliphatic carbocycles. The van der Waals surface area contributed by atoms with Crippen molar-refractivity contribution in [2.45, 2.75) is 25.4 Å². The smallest absolute Gasteiger partial charge is 0.261 e. The van der Waals surface area contributed by atoms with Crippen LogP contribution in [-0.2, 0) is 6.54 Å². The van der Waals surface area contributed by atoms with Crippen molar-refractivity contribution in [1.82, 2.24) is 19.4 Å². The summed E-state index contributed by atoms with van der Waals surface area (Å²) in [7, 11) is 0. The number of carbonyl (C=O) groups is 1. The minimum atomic E-state index is -0.447. The Labute approximate surface area is 160 Å². The van der Waals surface area contributed by atoms with Crippen molar-refractivity contribution in [3.8, 4) is 0 Å². The molecule has 4 rings (SSSR count). The normalized spacial score (nSPS) is 16.6. The first-order chi connectivity index (χ1) is 13.6. The third-order valence-corrected chi connectivity index (χ3v) is 5.08. The number of aliphatic hydroxyl groups is 1. The number of nitrogens with zero attached hydrogens (tertiary/aromatic N) is 3. The highest BCUT2D eigenvalue weighted by Gasteiger charge is 2.34. The van der Waals surface area contributed by atoms with Gasteiger partial charge in [0.2, 0.25) is 0 Å². The van der Waals surface area contributed by atoms with Crippen molar-refractivity contribution in [1.29, 1.82) is 0 Å². The van der Waals surface area contributed by atoms with E-state index in [9.17, 15) is 19.5 Å². The van der Waals surface area contributed by atoms with E-state index in [1.165, 1.54) is 16.8 Å². The second kappa shape index (κ2) is 7.40. The lowest BCUT2D eigenvalue weighted by Crippen LogP contribution is -2.38. The number of carbonyl (C=O) groups excluding carboxylic acids is 1. The fraction of sp³-hybridized carbons (Fsp3) is 0.300. The molecule has 8 heteroatoms. The Morgan fingerprint density at radius 3 is 2.82 bits per heavy atom. The Balaban J connectivity index is 1.83. The van der Waals surface area contributed by atoms with Gasteiger partial charge in [0.1, 0.15) is 11.4 Å². The lowest BCUT2D eigenvalue weighted by Gasteiger charge is -2.26. The van der Waals surface area contributed by atoms with Crippen molar-refractivity contribution >= 4 is 16.8 Å². The van der Waals surface area contributed by atoms with Crippen LogP contribution in [0.3, 0.4) is 0 Å². The molecule has 1 fully saturated rings. The van der Waals surface area contributed by atoms with Crippen LogP contribution in [0.25, 0.3) is 10.9 Å². The standard InChI is InChI=1S/C20H20N4O4/c25-12-11-24-17(22-15-7-2-1-5-13(15)19(24)27)16-8-4-10-23(16)20(28)14-6-3-9-21-18(14)26/h1-3,5-7,9,16,25H,4,8,10-12H2,(H,21,26). The Kier molecular flexibility index (Phi) is 4.79. The van der Waals surface area contributed by atoms with Crippen molar-refractivity contribution < 1.29 is 9.90 Å². The first-order valence-electron chi connectivity index (χ1n) is 9.21. The van der Waals surface area contributed by atoms with Crippen molar-refractivity contribution in [2.24, 2.45) is 0 Å². The number of aromatic nitrogens is 3. The van der Waals surface area contributed by atoms with Crippen molar-refractivity contribution in [3.05, 3.63) is 74.7 Å². The van der Waals surface area contributed by atoms with E-state index in [2.05, 4.69) is 9.97 Å². The summed E-state index contributed by atoms with van der Waals surface area (Å²) >= 11 is 0. The van der Waals surface area contributed by atoms with Crippen LogP contribution in [0, 0.1) is 0 Å². The van der Waals surface area contributed by atoms with E-state index < -0.39 is 11.6 Å². The summed E-state index contributed by atoms with van der Waals surface area (Å²) in [6.45, 7) is 0.349. The van der Waals surface area contributed by atoms with Gasteiger partial charge < -0.3 is 15.0 Å². The van der Waals surface area contributed by atoms with Crippen LogP contribution in [0.2, 0.25) is 0 Å². The molecular formula is C20H20N4O4. The van der Waals surface area contributed by atoms with Gasteiger partial charge in [0.05, 0.1) is 30.1 Å². The van der Waals surface area contributed by atoms with Crippen LogP contribution in [0.1, 0.15) is 35.1 Å². The predicted octanol–water partition coefficient (Wildman–Crippen LogP) is 1.05. The number of aromatic amines is 1. The van der Waals surface area contributed by atoms with Crippen LogP contribution in [0.4, 0.5) is 0 Å². The number of benzene rings is 1. The maximum atomic E-state index is 13.0. The highest BCUT2D eigenvalue weighted by atomic mass is 16.3. The molecule has 1 unspecified atom stereocenters. The number of likely N-dealkylation sites (tertiary alicyclic amines) is 1. The van der Waals surface area contributed by atoms with Gasteiger partial charge in [-0.1, -0.05) is 12.1 Å². The van der Waals surface area contributed by atoms with Crippen LogP contribution < -0.4 is 11.1 Å². The minimum absolute atomic E-state index is 0.0613. The van der Waals surface area contributed by atoms with Gasteiger partial charge in [-0.05, 0) is 37.1 Å². The molecule has 0 saturated carbocycles. The Morgan fingerprint density at radius 2 is 2.04 bits per heavy atom. The molecule has 8 nitrogen and oxygen atoms in total. The van der Waals surface area contributed by atoms with Crippen LogP contribution in [0.5, 0.6) is 0 Å². The lowest BCUT2D eigenvalue weighted by atomic mass is 10.1. The highest BCUT2D eigenvalue weighted by molar-refractivity contribution is 5.94. The molecule has 1 aromatic carbocycles. The summed E-state index contributed by atoms with van der Waals surface area (Å²) < 4.78 is 1.44. The molecule has 1 amide bonds. The Hall–Kier alpha value is -3.26. The third-order valence-electron chi connectivity index (χ3n) is 5.08. The molecule has 0 radical (unpaired) electrons. The van der Waals surface area contributed by atoms with E-state index >= 15 is 0 Å². The topological polar surface area (TPSA) is 108 Å². The summed E-state index contributed by atoms with van der Waals surface area (Å²) in [5, 5.41) is 9.93. The number of pyridine rings is 1. The molecule has 3 aromatic rings. The maximum Gasteiger partial charge on any atom is 0.261 e. The largest absolute Gasteiger partial charge is 0.395 e. The molecule has 0 bridgehead atoms. The Bertz CT molecular complexity index is 1150. The number of hydrogen-bond acceptors (Lipinski definition) is 5. The number of fused-ring (bicyclic) bond motifs is 1. The number of amides is 1. The fourth-order valence-corrected chi connectivity index (χ4v) is 3.78. The van der Waals surface area contributed by atoms with Gasteiger partial charge in [-0.3, -0.25) is 19.0 Å². The third kappa shape index (κ3) is 3.01. The average Bonchev–Trinajstić information content (AvgIpc) is 3.19. The lowest BCUT2D eigenvalue weighted by molar-refractivity contribution is 0.0724. The molecule has 1 atom stereocenters. The van der Waals surface area contributed by atoms with E-state index in [0.717, 1.165) is 6.42 Å². The molecule has 1 saturated heterocycles. The molecule has 2 N–H and O–H groups in total. The zero-order chi connectivity index (χ0) is 19.7. The van der Waals surface area contributed by atoms with Gasteiger partial charge >= 0.3 is 0 Å². The van der Waals surface area contributed by atoms with E-state index in [0.29, 0.717) is 29.7 Å². The number of para-hydroxylation sites is 1. The molecule has 1 aliphatic heterocycles. The number of H-pyrrole nitrogens is 1. The zero-order valence-electron chi connectivity index (χ0n) is 15.2. The number of hydrogen-bond donors (Lipinski definition) is 2. The molecular weight excluding hydrogens is 360 g/mol. The van der Waals surface area contributed by atoms with Crippen LogP contribution in [0.15, 0.2) is 52.2 Å². The van der Waals surface area contributed by atoms with E-state index in [-0.39, 0.29) is 30.2 Å². The monoisotopic (exact) mass is 380 g/mol. The minimum Gasteiger partial charge on any atom is -0.395 e. The second-order valence-electron chi connectivity index (χ2n) is 6.74. The van der Waals surface area contributed by atoms with E-state index in [1.54, 1.807) is 35.2 Å². The van der Waals surface area contributed by atoms with Gasteiger partial charge in [-0.2, -0.15) is 0 Å². The number of aliphatic hydroxyl groups excluding tert-OH is 1. The molecule has 3 heterocycles. The van der Waals surface area contributed by atoms with E-state index in [1.807, 2.05) is 0 Å². The molecule has 1 aliphatic rings. The van der Waals surface area contributed by atoms with Gasteiger partial charge in [-0.15, -0.1) is 0 Å². The van der Waals surface area contributed by atoms with Gasteiger partial charge in [-0.25, -0.2) is 4.98 Å². The summed E-state index contributed by atoms with van der Waals surface area (Å²) in [4.78, 5) is 46.8. The maximum absolute atomic E-state index is 13.0. The number of rotatable bonds is 4. The predicted molar refractivity (Wildman–Crippen MR) is 103 cm³/mol. The van der Waals surface area contributed by atoms with Gasteiger partial charge in [0.15, 0.2) is 0 Å². The molecule has 2 aromatic heterocycles. The van der Waals surface area contributed by atoms with Gasteiger partial charge in [0.25, 0.3) is 17.0 Å². The van der Waals surface area contributed by atoms with Crippen molar-refractivity contribution in [3.63, 3.8) is 0 Å². The van der Waals surface area contributed by atoms with Crippen LogP contribution >= 0.6 is 0 Å². The summed E-state index contributed by atoms with van der Waals surface area (Å²) in [6.07, 6.45) is 2.85. The van der Waals surface area contributed by atoms with Crippen LogP contribution in [-0.4, -0.2) is 43.6 Å². The molecule has 28 heavy (non-hydrogen) atoms. The second-order valence-corrected chi connectivity index (χ2v) is 6.74. The highest BCUT2D eigenvalue weighted by Crippen LogP contribution is 2.32. The Morgan fingerprint density at radius 1 is 1.21 bits per heavy atom. The SMILES string of the molecule is O=C(c1ccc[nH]c1=O)N1CCCC1c1nc2ccccc2c(=O)n1CCO. The summed E-state index contributed by atoms with van der Waals surface area (Å²) in [6, 6.07) is 9.69. The van der Waals surface area contributed by atoms with Crippen molar-refractivity contribution in [2.75, 3.05) is 13.2 Å². The summed E-state index contributed by atoms with van der Waals surface area (Å²) in [5.41, 5.74) is -0.0799. The average molecular weight is 380 g/mol. The van der Waals surface area contributed by atoms with E-state index in [4.69, 9.17) is 0 Å². The first-order valence-corrected chi connectivity index (χ1v) is 9.21. The quantitative estimate of drug-likeness (QED) is 0.703. The molecule has 144 valence electrons. The zero-order valence-corrected chi connectivity index (χ0v) is 15.2. The fourth-order valence-electron chi connectivity index (χ4n) is 3.78. The summed E-state index contributed by atoms with van der Waals surface area (Å²) in [5.74, 6) is 0.0539. The van der Waals surface area contributed by atoms with Gasteiger partial charge in [0, 0.05) is 12.7 Å². The number of nitrogens with one attached hydrogen (secondary N) is 1. The first kappa shape index (κ1) is 18.1.